The zero-order valence-electron chi connectivity index (χ0n) is 8.94. The van der Waals surface area contributed by atoms with Crippen molar-refractivity contribution in [2.45, 2.75) is 18.4 Å². The maximum atomic E-state index is 9.04. The molecule has 2 unspecified atom stereocenters. The highest BCUT2D eigenvalue weighted by molar-refractivity contribution is 5.31. The molecule has 1 aliphatic rings. The second-order valence-corrected chi connectivity index (χ2v) is 4.00. The van der Waals surface area contributed by atoms with Crippen molar-refractivity contribution in [3.8, 4) is 5.75 Å². The van der Waals surface area contributed by atoms with Gasteiger partial charge in [0.15, 0.2) is 0 Å². The van der Waals surface area contributed by atoms with E-state index < -0.39 is 0 Å². The molecule has 3 heteroatoms. The van der Waals surface area contributed by atoms with Crippen LogP contribution in [0.3, 0.4) is 0 Å². The minimum absolute atomic E-state index is 0.223. The molecule has 0 aliphatic carbocycles. The fourth-order valence-electron chi connectivity index (χ4n) is 2.11. The van der Waals surface area contributed by atoms with Crippen molar-refractivity contribution in [3.05, 3.63) is 29.8 Å². The zero-order valence-corrected chi connectivity index (χ0v) is 8.94. The number of hydrogen-bond donors (Lipinski definition) is 2. The van der Waals surface area contributed by atoms with Gasteiger partial charge in [-0.25, -0.2) is 0 Å². The molecule has 2 atom stereocenters. The van der Waals surface area contributed by atoms with Gasteiger partial charge in [-0.3, -0.25) is 0 Å². The van der Waals surface area contributed by atoms with Gasteiger partial charge in [0.25, 0.3) is 0 Å². The van der Waals surface area contributed by atoms with E-state index in [2.05, 4.69) is 17.4 Å². The van der Waals surface area contributed by atoms with Crippen molar-refractivity contribution in [2.75, 3.05) is 20.3 Å². The molecule has 1 aromatic carbocycles. The van der Waals surface area contributed by atoms with Gasteiger partial charge in [0.2, 0.25) is 0 Å². The van der Waals surface area contributed by atoms with Crippen LogP contribution in [0.1, 0.15) is 17.9 Å². The Morgan fingerprint density at radius 1 is 1.53 bits per heavy atom. The van der Waals surface area contributed by atoms with E-state index in [0.717, 1.165) is 18.7 Å². The molecule has 15 heavy (non-hydrogen) atoms. The monoisotopic (exact) mass is 207 g/mol. The summed E-state index contributed by atoms with van der Waals surface area (Å²) in [5.74, 6) is 1.40. The highest BCUT2D eigenvalue weighted by atomic mass is 16.5. The van der Waals surface area contributed by atoms with Gasteiger partial charge < -0.3 is 15.2 Å². The lowest BCUT2D eigenvalue weighted by atomic mass is 9.96. The van der Waals surface area contributed by atoms with Crippen molar-refractivity contribution in [1.82, 2.24) is 5.32 Å². The number of ether oxygens (including phenoxy) is 1. The fourth-order valence-corrected chi connectivity index (χ4v) is 2.11. The average Bonchev–Trinajstić information content (AvgIpc) is 2.78. The standard InChI is InChI=1S/C12H17NO2/c1-15-12-4-2-3-9(6-12)10-5-11(8-14)13-7-10/h2-4,6,10-11,13-14H,5,7-8H2,1H3. The van der Waals surface area contributed by atoms with Gasteiger partial charge in [-0.2, -0.15) is 0 Å². The van der Waals surface area contributed by atoms with E-state index in [1.165, 1.54) is 5.56 Å². The number of hydrogen-bond acceptors (Lipinski definition) is 3. The maximum Gasteiger partial charge on any atom is 0.119 e. The van der Waals surface area contributed by atoms with Crippen LogP contribution in [0.15, 0.2) is 24.3 Å². The minimum Gasteiger partial charge on any atom is -0.497 e. The lowest BCUT2D eigenvalue weighted by molar-refractivity contribution is 0.254. The molecule has 1 aromatic rings. The fraction of sp³-hybridized carbons (Fsp3) is 0.500. The van der Waals surface area contributed by atoms with Crippen LogP contribution < -0.4 is 10.1 Å². The number of rotatable bonds is 3. The van der Waals surface area contributed by atoms with Gasteiger partial charge >= 0.3 is 0 Å². The third kappa shape index (κ3) is 2.30. The molecule has 3 nitrogen and oxygen atoms in total. The molecule has 0 aromatic heterocycles. The first kappa shape index (κ1) is 10.5. The van der Waals surface area contributed by atoms with Crippen LogP contribution in [0.5, 0.6) is 5.75 Å². The van der Waals surface area contributed by atoms with E-state index in [1.54, 1.807) is 7.11 Å². The summed E-state index contributed by atoms with van der Waals surface area (Å²) in [6, 6.07) is 8.41. The quantitative estimate of drug-likeness (QED) is 0.780. The SMILES string of the molecule is COc1cccc(C2CNC(CO)C2)c1. The molecule has 1 saturated heterocycles. The second-order valence-electron chi connectivity index (χ2n) is 4.00. The largest absolute Gasteiger partial charge is 0.497 e. The van der Waals surface area contributed by atoms with E-state index in [1.807, 2.05) is 12.1 Å². The summed E-state index contributed by atoms with van der Waals surface area (Å²) in [5.41, 5.74) is 1.29. The Labute approximate surface area is 90.1 Å². The third-order valence-corrected chi connectivity index (χ3v) is 3.01. The van der Waals surface area contributed by atoms with Gasteiger partial charge in [0.05, 0.1) is 13.7 Å². The summed E-state index contributed by atoms with van der Waals surface area (Å²) in [4.78, 5) is 0. The van der Waals surface area contributed by atoms with Crippen molar-refractivity contribution < 1.29 is 9.84 Å². The van der Waals surface area contributed by atoms with Crippen molar-refractivity contribution in [1.29, 1.82) is 0 Å². The Morgan fingerprint density at radius 2 is 2.40 bits per heavy atom. The molecule has 82 valence electrons. The number of benzene rings is 1. The molecule has 0 spiro atoms. The van der Waals surface area contributed by atoms with E-state index >= 15 is 0 Å². The van der Waals surface area contributed by atoms with Crippen LogP contribution in [0.2, 0.25) is 0 Å². The van der Waals surface area contributed by atoms with E-state index in [0.29, 0.717) is 5.92 Å². The Hall–Kier alpha value is -1.06. The highest BCUT2D eigenvalue weighted by Crippen LogP contribution is 2.27. The normalized spacial score (nSPS) is 25.5. The zero-order chi connectivity index (χ0) is 10.7. The van der Waals surface area contributed by atoms with Crippen LogP contribution >= 0.6 is 0 Å². The Kier molecular flexibility index (Phi) is 3.23. The molecular formula is C12H17NO2. The molecule has 1 fully saturated rings. The van der Waals surface area contributed by atoms with Crippen LogP contribution in [0.4, 0.5) is 0 Å². The van der Waals surface area contributed by atoms with Crippen molar-refractivity contribution in [3.63, 3.8) is 0 Å². The van der Waals surface area contributed by atoms with E-state index in [9.17, 15) is 0 Å². The second kappa shape index (κ2) is 4.64. The van der Waals surface area contributed by atoms with E-state index in [-0.39, 0.29) is 12.6 Å². The van der Waals surface area contributed by atoms with Crippen LogP contribution in [0.25, 0.3) is 0 Å². The predicted molar refractivity (Wildman–Crippen MR) is 59.2 cm³/mol. The lowest BCUT2D eigenvalue weighted by Gasteiger charge is -2.10. The van der Waals surface area contributed by atoms with Crippen LogP contribution in [0, 0.1) is 0 Å². The Balaban J connectivity index is 2.09. The minimum atomic E-state index is 0.223. The molecule has 2 rings (SSSR count). The van der Waals surface area contributed by atoms with Gasteiger partial charge in [0.1, 0.15) is 5.75 Å². The maximum absolute atomic E-state index is 9.04. The third-order valence-electron chi connectivity index (χ3n) is 3.01. The molecule has 0 amide bonds. The number of methoxy groups -OCH3 is 1. The van der Waals surface area contributed by atoms with Crippen LogP contribution in [-0.4, -0.2) is 31.4 Å². The first-order chi connectivity index (χ1) is 7.33. The summed E-state index contributed by atoms with van der Waals surface area (Å²) in [6.45, 7) is 1.17. The summed E-state index contributed by atoms with van der Waals surface area (Å²) in [5, 5.41) is 12.3. The summed E-state index contributed by atoms with van der Waals surface area (Å²) in [7, 11) is 1.68. The van der Waals surface area contributed by atoms with Crippen LogP contribution in [-0.2, 0) is 0 Å². The predicted octanol–water partition coefficient (Wildman–Crippen LogP) is 1.13. The van der Waals surface area contributed by atoms with Gasteiger partial charge in [-0.15, -0.1) is 0 Å². The number of aliphatic hydroxyl groups excluding tert-OH is 1. The van der Waals surface area contributed by atoms with E-state index in [4.69, 9.17) is 9.84 Å². The van der Waals surface area contributed by atoms with Crippen molar-refractivity contribution in [2.24, 2.45) is 0 Å². The molecule has 0 radical (unpaired) electrons. The summed E-state index contributed by atoms with van der Waals surface area (Å²) in [6.07, 6.45) is 1.00. The molecule has 2 N–H and O–H groups in total. The molecule has 1 heterocycles. The first-order valence-corrected chi connectivity index (χ1v) is 5.31. The Morgan fingerprint density at radius 3 is 3.07 bits per heavy atom. The van der Waals surface area contributed by atoms with Crippen molar-refractivity contribution >= 4 is 0 Å². The first-order valence-electron chi connectivity index (χ1n) is 5.31. The number of aliphatic hydroxyl groups is 1. The molecule has 1 aliphatic heterocycles. The molecule has 0 saturated carbocycles. The van der Waals surface area contributed by atoms with Gasteiger partial charge in [0, 0.05) is 12.6 Å². The lowest BCUT2D eigenvalue weighted by Crippen LogP contribution is -2.24. The summed E-state index contributed by atoms with van der Waals surface area (Å²) < 4.78 is 5.20. The average molecular weight is 207 g/mol. The molecule has 0 bridgehead atoms. The summed E-state index contributed by atoms with van der Waals surface area (Å²) >= 11 is 0. The highest BCUT2D eigenvalue weighted by Gasteiger charge is 2.24. The molecular weight excluding hydrogens is 190 g/mol. The Bertz CT molecular complexity index is 327. The topological polar surface area (TPSA) is 41.5 Å². The smallest absolute Gasteiger partial charge is 0.119 e. The van der Waals surface area contributed by atoms with Gasteiger partial charge in [-0.05, 0) is 30.0 Å². The number of nitrogens with one attached hydrogen (secondary N) is 1. The van der Waals surface area contributed by atoms with Gasteiger partial charge in [-0.1, -0.05) is 12.1 Å².